The molecule has 1 amide bonds. The molecule has 0 bridgehead atoms. The molecule has 2 aliphatic rings. The van der Waals surface area contributed by atoms with Gasteiger partial charge in [0.15, 0.2) is 0 Å². The van der Waals surface area contributed by atoms with Crippen LogP contribution in [0.1, 0.15) is 47.7 Å². The van der Waals surface area contributed by atoms with E-state index in [2.05, 4.69) is 15.4 Å². The summed E-state index contributed by atoms with van der Waals surface area (Å²) >= 11 is 0. The van der Waals surface area contributed by atoms with Crippen LogP contribution in [-0.2, 0) is 4.74 Å². The molecule has 1 aromatic carbocycles. The fourth-order valence-electron chi connectivity index (χ4n) is 3.94. The van der Waals surface area contributed by atoms with E-state index >= 15 is 0 Å². The minimum atomic E-state index is -0.0815. The van der Waals surface area contributed by atoms with Gasteiger partial charge in [0.2, 0.25) is 0 Å². The summed E-state index contributed by atoms with van der Waals surface area (Å²) in [6.07, 6.45) is 6.53. The topological polar surface area (TPSA) is 80.3 Å². The lowest BCUT2D eigenvalue weighted by Crippen LogP contribution is -2.30. The van der Waals surface area contributed by atoms with Crippen LogP contribution in [0.2, 0.25) is 0 Å². The lowest BCUT2D eigenvalue weighted by molar-refractivity contribution is 0.0713. The van der Waals surface area contributed by atoms with Gasteiger partial charge in [-0.2, -0.15) is 15.4 Å². The maximum atomic E-state index is 13.0. The highest BCUT2D eigenvalue weighted by atomic mass is 16.5. The standard InChI is InChI=1S/C19H24N4O3/c1-25-18-12-23(11-16(18)17-10-20-22-21-17)19(24)13-5-4-8-15(9-13)26-14-6-2-3-7-14/h4-5,8-10,14,16,18H,2-3,6-7,11-12H2,1H3,(H,20,21,22)/t16-,18+/m0/s1. The van der Waals surface area contributed by atoms with E-state index in [1.54, 1.807) is 13.3 Å². The van der Waals surface area contributed by atoms with Gasteiger partial charge in [0.05, 0.1) is 30.0 Å². The number of aromatic amines is 1. The van der Waals surface area contributed by atoms with Crippen molar-refractivity contribution >= 4 is 5.91 Å². The number of benzene rings is 1. The van der Waals surface area contributed by atoms with Gasteiger partial charge < -0.3 is 14.4 Å². The van der Waals surface area contributed by atoms with Crippen molar-refractivity contribution in [2.45, 2.75) is 43.8 Å². The van der Waals surface area contributed by atoms with Crippen molar-refractivity contribution in [2.24, 2.45) is 0 Å². The SMILES string of the molecule is CO[C@@H]1CN(C(=O)c2cccc(OC3CCCC3)c2)C[C@H]1c1cn[nH]n1. The molecular weight excluding hydrogens is 332 g/mol. The summed E-state index contributed by atoms with van der Waals surface area (Å²) in [4.78, 5) is 14.8. The lowest BCUT2D eigenvalue weighted by Gasteiger charge is -2.18. The number of H-pyrrole nitrogens is 1. The summed E-state index contributed by atoms with van der Waals surface area (Å²) in [5, 5.41) is 10.7. The summed E-state index contributed by atoms with van der Waals surface area (Å²) in [6.45, 7) is 1.11. The second-order valence-electron chi connectivity index (χ2n) is 7.04. The van der Waals surface area contributed by atoms with E-state index in [1.165, 1.54) is 12.8 Å². The third kappa shape index (κ3) is 3.44. The minimum absolute atomic E-state index is 0.00471. The number of likely N-dealkylation sites (tertiary alicyclic amines) is 1. The number of hydrogen-bond acceptors (Lipinski definition) is 5. The summed E-state index contributed by atoms with van der Waals surface area (Å²) in [6, 6.07) is 7.51. The zero-order valence-electron chi connectivity index (χ0n) is 14.9. The smallest absolute Gasteiger partial charge is 0.254 e. The average Bonchev–Trinajstić information content (AvgIpc) is 3.41. The van der Waals surface area contributed by atoms with Crippen LogP contribution in [0.15, 0.2) is 30.5 Å². The van der Waals surface area contributed by atoms with Crippen LogP contribution in [0.5, 0.6) is 5.75 Å². The Labute approximate surface area is 152 Å². The lowest BCUT2D eigenvalue weighted by atomic mass is 10.0. The Bertz CT molecular complexity index is 743. The summed E-state index contributed by atoms with van der Waals surface area (Å²) in [5.74, 6) is 0.800. The number of rotatable bonds is 5. The highest BCUT2D eigenvalue weighted by Gasteiger charge is 2.38. The molecule has 4 rings (SSSR count). The van der Waals surface area contributed by atoms with Crippen molar-refractivity contribution in [1.29, 1.82) is 0 Å². The van der Waals surface area contributed by atoms with Gasteiger partial charge >= 0.3 is 0 Å². The van der Waals surface area contributed by atoms with Crippen molar-refractivity contribution < 1.29 is 14.3 Å². The number of carbonyl (C=O) groups is 1. The van der Waals surface area contributed by atoms with E-state index in [-0.39, 0.29) is 24.0 Å². The predicted molar refractivity (Wildman–Crippen MR) is 95.2 cm³/mol. The summed E-state index contributed by atoms with van der Waals surface area (Å²) in [5.41, 5.74) is 1.47. The molecule has 0 unspecified atom stereocenters. The van der Waals surface area contributed by atoms with Crippen LogP contribution in [0.25, 0.3) is 0 Å². The zero-order valence-corrected chi connectivity index (χ0v) is 14.9. The van der Waals surface area contributed by atoms with Crippen molar-refractivity contribution in [3.05, 3.63) is 41.7 Å². The number of amides is 1. The van der Waals surface area contributed by atoms with Crippen LogP contribution in [0.3, 0.4) is 0 Å². The molecule has 1 saturated heterocycles. The van der Waals surface area contributed by atoms with Crippen molar-refractivity contribution in [3.63, 3.8) is 0 Å². The molecular formula is C19H24N4O3. The van der Waals surface area contributed by atoms with E-state index in [1.807, 2.05) is 29.2 Å². The van der Waals surface area contributed by atoms with E-state index in [4.69, 9.17) is 9.47 Å². The first-order valence-corrected chi connectivity index (χ1v) is 9.19. The van der Waals surface area contributed by atoms with Crippen molar-refractivity contribution in [1.82, 2.24) is 20.3 Å². The molecule has 2 fully saturated rings. The molecule has 1 N–H and O–H groups in total. The monoisotopic (exact) mass is 356 g/mol. The number of hydrogen-bond donors (Lipinski definition) is 1. The number of nitrogens with zero attached hydrogens (tertiary/aromatic N) is 3. The molecule has 2 aromatic rings. The Hall–Kier alpha value is -2.41. The van der Waals surface area contributed by atoms with Crippen LogP contribution in [0, 0.1) is 0 Å². The Morgan fingerprint density at radius 1 is 1.27 bits per heavy atom. The number of ether oxygens (including phenoxy) is 2. The Morgan fingerprint density at radius 3 is 2.85 bits per heavy atom. The van der Waals surface area contributed by atoms with E-state index < -0.39 is 0 Å². The summed E-state index contributed by atoms with van der Waals surface area (Å²) in [7, 11) is 1.67. The van der Waals surface area contributed by atoms with Crippen LogP contribution >= 0.6 is 0 Å². The third-order valence-electron chi connectivity index (χ3n) is 5.36. The quantitative estimate of drug-likeness (QED) is 0.890. The molecule has 7 nitrogen and oxygen atoms in total. The maximum absolute atomic E-state index is 13.0. The largest absolute Gasteiger partial charge is 0.490 e. The van der Waals surface area contributed by atoms with Gasteiger partial charge in [0, 0.05) is 25.8 Å². The normalized spacial score (nSPS) is 23.5. The average molecular weight is 356 g/mol. The molecule has 0 spiro atoms. The first-order valence-electron chi connectivity index (χ1n) is 9.19. The van der Waals surface area contributed by atoms with Gasteiger partial charge in [-0.3, -0.25) is 4.79 Å². The molecule has 26 heavy (non-hydrogen) atoms. The molecule has 1 aromatic heterocycles. The highest BCUT2D eigenvalue weighted by Crippen LogP contribution is 2.30. The second-order valence-corrected chi connectivity index (χ2v) is 7.04. The molecule has 1 aliphatic carbocycles. The Balaban J connectivity index is 1.47. The number of aromatic nitrogens is 3. The van der Waals surface area contributed by atoms with Crippen molar-refractivity contribution in [3.8, 4) is 5.75 Å². The van der Waals surface area contributed by atoms with E-state index in [0.29, 0.717) is 18.7 Å². The first kappa shape index (κ1) is 17.0. The van der Waals surface area contributed by atoms with Gasteiger partial charge in [0.25, 0.3) is 5.91 Å². The zero-order chi connectivity index (χ0) is 17.9. The van der Waals surface area contributed by atoms with E-state index in [9.17, 15) is 4.79 Å². The van der Waals surface area contributed by atoms with Crippen LogP contribution < -0.4 is 4.74 Å². The molecule has 7 heteroatoms. The Kier molecular flexibility index (Phi) is 4.88. The predicted octanol–water partition coefficient (Wildman–Crippen LogP) is 2.38. The van der Waals surface area contributed by atoms with Crippen molar-refractivity contribution in [2.75, 3.05) is 20.2 Å². The molecule has 1 saturated carbocycles. The fraction of sp³-hybridized carbons (Fsp3) is 0.526. The maximum Gasteiger partial charge on any atom is 0.254 e. The molecule has 2 atom stereocenters. The van der Waals surface area contributed by atoms with Crippen LogP contribution in [0.4, 0.5) is 0 Å². The number of carbonyl (C=O) groups excluding carboxylic acids is 1. The minimum Gasteiger partial charge on any atom is -0.490 e. The fourth-order valence-corrected chi connectivity index (χ4v) is 3.94. The molecule has 138 valence electrons. The third-order valence-corrected chi connectivity index (χ3v) is 5.36. The second kappa shape index (κ2) is 7.45. The molecule has 1 aliphatic heterocycles. The Morgan fingerprint density at radius 2 is 2.12 bits per heavy atom. The van der Waals surface area contributed by atoms with Gasteiger partial charge in [0.1, 0.15) is 5.75 Å². The number of methoxy groups -OCH3 is 1. The first-order chi connectivity index (χ1) is 12.7. The molecule has 0 radical (unpaired) electrons. The van der Waals surface area contributed by atoms with Gasteiger partial charge in [-0.05, 0) is 43.9 Å². The highest BCUT2D eigenvalue weighted by molar-refractivity contribution is 5.95. The van der Waals surface area contributed by atoms with Gasteiger partial charge in [-0.1, -0.05) is 6.07 Å². The summed E-state index contributed by atoms with van der Waals surface area (Å²) < 4.78 is 11.6. The number of nitrogens with one attached hydrogen (secondary N) is 1. The van der Waals surface area contributed by atoms with Crippen LogP contribution in [-0.4, -0.2) is 58.6 Å². The molecule has 2 heterocycles. The van der Waals surface area contributed by atoms with Gasteiger partial charge in [-0.25, -0.2) is 0 Å². The van der Waals surface area contributed by atoms with Gasteiger partial charge in [-0.15, -0.1) is 0 Å². The van der Waals surface area contributed by atoms with E-state index in [0.717, 1.165) is 24.3 Å².